The number of hydrogen-bond donors (Lipinski definition) is 0. The summed E-state index contributed by atoms with van der Waals surface area (Å²) in [5.41, 5.74) is 1.21. The molecule has 1 heterocycles. The van der Waals surface area contributed by atoms with Gasteiger partial charge in [0.15, 0.2) is 0 Å². The van der Waals surface area contributed by atoms with E-state index in [-0.39, 0.29) is 26.3 Å². The van der Waals surface area contributed by atoms with Crippen LogP contribution in [-0.4, -0.2) is 61.3 Å². The third-order valence-corrected chi connectivity index (χ3v) is 3.76. The van der Waals surface area contributed by atoms with E-state index in [1.807, 2.05) is 6.07 Å². The number of ether oxygens (including phenoxy) is 1. The van der Waals surface area contributed by atoms with E-state index in [4.69, 9.17) is 10.00 Å². The van der Waals surface area contributed by atoms with Crippen molar-refractivity contribution in [1.82, 2.24) is 9.80 Å². The summed E-state index contributed by atoms with van der Waals surface area (Å²) in [7, 11) is 1.53. The fraction of sp³-hybridized carbons (Fsp3) is 0.500. The summed E-state index contributed by atoms with van der Waals surface area (Å²) in [6.45, 7) is -0.742. The van der Waals surface area contributed by atoms with Gasteiger partial charge in [-0.15, -0.1) is 0 Å². The van der Waals surface area contributed by atoms with Gasteiger partial charge < -0.3 is 9.64 Å². The predicted molar refractivity (Wildman–Crippen MR) is 79.9 cm³/mol. The number of carbonyl (C=O) groups is 1. The number of benzene rings is 1. The van der Waals surface area contributed by atoms with Crippen LogP contribution in [0.1, 0.15) is 11.1 Å². The Morgan fingerprint density at radius 2 is 2.25 bits per heavy atom. The quantitative estimate of drug-likeness (QED) is 0.838. The summed E-state index contributed by atoms with van der Waals surface area (Å²) in [5, 5.41) is 8.89. The zero-order chi connectivity index (χ0) is 17.7. The Bertz CT molecular complexity index is 628. The lowest BCUT2D eigenvalue weighted by Gasteiger charge is -2.36. The number of halogens is 3. The molecule has 2 rings (SSSR count). The van der Waals surface area contributed by atoms with E-state index < -0.39 is 24.7 Å². The zero-order valence-corrected chi connectivity index (χ0v) is 13.2. The number of nitriles is 1. The average molecular weight is 341 g/mol. The monoisotopic (exact) mass is 341 g/mol. The minimum absolute atomic E-state index is 0.0580. The molecule has 1 atom stereocenters. The first kappa shape index (κ1) is 18.2. The van der Waals surface area contributed by atoms with Crippen LogP contribution in [-0.2, 0) is 16.1 Å². The standard InChI is InChI=1S/C16H18F3N3O2/c1-21(9-13-4-2-3-12(7-13)8-20)15(23)14-10-24-6-5-22(14)11-16(17,18)19/h2-4,7,14H,5-6,9-11H2,1H3. The van der Waals surface area contributed by atoms with Gasteiger partial charge in [-0.1, -0.05) is 12.1 Å². The molecule has 0 radical (unpaired) electrons. The average Bonchev–Trinajstić information content (AvgIpc) is 2.53. The molecule has 0 spiro atoms. The molecular weight excluding hydrogens is 323 g/mol. The van der Waals surface area contributed by atoms with Crippen LogP contribution in [0.15, 0.2) is 24.3 Å². The number of likely N-dealkylation sites (N-methyl/N-ethyl adjacent to an activating group) is 1. The SMILES string of the molecule is CN(Cc1cccc(C#N)c1)C(=O)C1COCCN1CC(F)(F)F. The Labute approximate surface area is 138 Å². The topological polar surface area (TPSA) is 56.6 Å². The van der Waals surface area contributed by atoms with Crippen LogP contribution >= 0.6 is 0 Å². The lowest BCUT2D eigenvalue weighted by molar-refractivity contribution is -0.170. The van der Waals surface area contributed by atoms with Gasteiger partial charge in [0.2, 0.25) is 5.91 Å². The smallest absolute Gasteiger partial charge is 0.378 e. The fourth-order valence-electron chi connectivity index (χ4n) is 2.63. The molecule has 5 nitrogen and oxygen atoms in total. The molecule has 1 aliphatic heterocycles. The van der Waals surface area contributed by atoms with Crippen molar-refractivity contribution in [1.29, 1.82) is 5.26 Å². The molecule has 1 aromatic rings. The maximum Gasteiger partial charge on any atom is 0.401 e. The maximum absolute atomic E-state index is 12.7. The highest BCUT2D eigenvalue weighted by Gasteiger charge is 2.39. The Morgan fingerprint density at radius 1 is 1.50 bits per heavy atom. The van der Waals surface area contributed by atoms with E-state index in [1.165, 1.54) is 11.9 Å². The van der Waals surface area contributed by atoms with Crippen molar-refractivity contribution in [3.05, 3.63) is 35.4 Å². The molecule has 0 bridgehead atoms. The fourth-order valence-corrected chi connectivity index (χ4v) is 2.63. The second kappa shape index (κ2) is 7.64. The molecule has 1 fully saturated rings. The summed E-state index contributed by atoms with van der Waals surface area (Å²) in [5.74, 6) is -0.429. The number of rotatable bonds is 4. The van der Waals surface area contributed by atoms with Crippen molar-refractivity contribution in [3.63, 3.8) is 0 Å². The van der Waals surface area contributed by atoms with Crippen LogP contribution in [0.3, 0.4) is 0 Å². The number of morpholine rings is 1. The van der Waals surface area contributed by atoms with Crippen LogP contribution in [0.2, 0.25) is 0 Å². The van der Waals surface area contributed by atoms with Crippen molar-refractivity contribution in [2.75, 3.05) is 33.4 Å². The number of nitrogens with zero attached hydrogens (tertiary/aromatic N) is 3. The van der Waals surface area contributed by atoms with Crippen molar-refractivity contribution >= 4 is 5.91 Å². The highest BCUT2D eigenvalue weighted by atomic mass is 19.4. The molecule has 24 heavy (non-hydrogen) atoms. The van der Waals surface area contributed by atoms with Crippen LogP contribution in [0.5, 0.6) is 0 Å². The molecular formula is C16H18F3N3O2. The van der Waals surface area contributed by atoms with Gasteiger partial charge in [-0.3, -0.25) is 9.69 Å². The van der Waals surface area contributed by atoms with Gasteiger partial charge in [-0.25, -0.2) is 0 Å². The number of alkyl halides is 3. The molecule has 0 N–H and O–H groups in total. The summed E-state index contributed by atoms with van der Waals surface area (Å²) < 4.78 is 43.2. The molecule has 130 valence electrons. The van der Waals surface area contributed by atoms with Crippen LogP contribution < -0.4 is 0 Å². The Kier molecular flexibility index (Phi) is 5.80. The second-order valence-corrected chi connectivity index (χ2v) is 5.68. The molecule has 1 aliphatic rings. The summed E-state index contributed by atoms with van der Waals surface area (Å²) in [4.78, 5) is 15.0. The van der Waals surface area contributed by atoms with Gasteiger partial charge in [0.1, 0.15) is 6.04 Å². The number of hydrogen-bond acceptors (Lipinski definition) is 4. The third kappa shape index (κ3) is 4.94. The molecule has 0 aromatic heterocycles. The molecule has 1 unspecified atom stereocenters. The number of amides is 1. The Balaban J connectivity index is 2.06. The predicted octanol–water partition coefficient (Wildman–Crippen LogP) is 1.78. The van der Waals surface area contributed by atoms with E-state index in [0.29, 0.717) is 5.56 Å². The van der Waals surface area contributed by atoms with Crippen molar-refractivity contribution in [3.8, 4) is 6.07 Å². The van der Waals surface area contributed by atoms with E-state index >= 15 is 0 Å². The molecule has 0 saturated carbocycles. The highest BCUT2D eigenvalue weighted by molar-refractivity contribution is 5.82. The lowest BCUT2D eigenvalue weighted by atomic mass is 10.1. The molecule has 0 aliphatic carbocycles. The van der Waals surface area contributed by atoms with Gasteiger partial charge in [-0.05, 0) is 17.7 Å². The van der Waals surface area contributed by atoms with E-state index in [1.54, 1.807) is 24.3 Å². The summed E-state index contributed by atoms with van der Waals surface area (Å²) >= 11 is 0. The number of carbonyl (C=O) groups excluding carboxylic acids is 1. The van der Waals surface area contributed by atoms with E-state index in [2.05, 4.69) is 0 Å². The van der Waals surface area contributed by atoms with Gasteiger partial charge >= 0.3 is 6.18 Å². The first-order chi connectivity index (χ1) is 11.3. The molecule has 1 saturated heterocycles. The molecule has 1 amide bonds. The lowest BCUT2D eigenvalue weighted by Crippen LogP contribution is -2.56. The summed E-state index contributed by atoms with van der Waals surface area (Å²) in [6, 6.07) is 7.81. The van der Waals surface area contributed by atoms with Crippen molar-refractivity contribution in [2.24, 2.45) is 0 Å². The molecule has 1 aromatic carbocycles. The highest BCUT2D eigenvalue weighted by Crippen LogP contribution is 2.21. The van der Waals surface area contributed by atoms with Gasteiger partial charge in [0.05, 0.1) is 31.4 Å². The van der Waals surface area contributed by atoms with Crippen LogP contribution in [0, 0.1) is 11.3 Å². The van der Waals surface area contributed by atoms with Crippen molar-refractivity contribution in [2.45, 2.75) is 18.8 Å². The minimum atomic E-state index is -4.37. The van der Waals surface area contributed by atoms with E-state index in [0.717, 1.165) is 10.5 Å². The Morgan fingerprint density at radius 3 is 2.92 bits per heavy atom. The zero-order valence-electron chi connectivity index (χ0n) is 13.2. The first-order valence-electron chi connectivity index (χ1n) is 7.43. The normalized spacial score (nSPS) is 18.9. The van der Waals surface area contributed by atoms with Crippen molar-refractivity contribution < 1.29 is 22.7 Å². The first-order valence-corrected chi connectivity index (χ1v) is 7.43. The van der Waals surface area contributed by atoms with Crippen LogP contribution in [0.4, 0.5) is 13.2 Å². The Hall–Kier alpha value is -2.11. The molecule has 8 heteroatoms. The minimum Gasteiger partial charge on any atom is -0.378 e. The van der Waals surface area contributed by atoms with Crippen LogP contribution in [0.25, 0.3) is 0 Å². The third-order valence-electron chi connectivity index (χ3n) is 3.76. The van der Waals surface area contributed by atoms with Gasteiger partial charge in [0.25, 0.3) is 0 Å². The maximum atomic E-state index is 12.7. The summed E-state index contributed by atoms with van der Waals surface area (Å²) in [6.07, 6.45) is -4.37. The van der Waals surface area contributed by atoms with Gasteiger partial charge in [-0.2, -0.15) is 18.4 Å². The second-order valence-electron chi connectivity index (χ2n) is 5.68. The van der Waals surface area contributed by atoms with Gasteiger partial charge in [0, 0.05) is 20.1 Å². The largest absolute Gasteiger partial charge is 0.401 e. The van der Waals surface area contributed by atoms with E-state index in [9.17, 15) is 18.0 Å².